The lowest BCUT2D eigenvalue weighted by molar-refractivity contribution is -0.0309. The van der Waals surface area contributed by atoms with Gasteiger partial charge in [-0.2, -0.15) is 17.4 Å². The number of rotatable bonds is 3. The Balaban J connectivity index is 2.68. The summed E-state index contributed by atoms with van der Waals surface area (Å²) in [6.45, 7) is 6.03. The Bertz CT molecular complexity index is 323. The summed E-state index contributed by atoms with van der Waals surface area (Å²) in [5.41, 5.74) is -0.508. The van der Waals surface area contributed by atoms with Gasteiger partial charge in [-0.1, -0.05) is 0 Å². The highest BCUT2D eigenvalue weighted by atomic mass is 32.2. The summed E-state index contributed by atoms with van der Waals surface area (Å²) in [5.74, 6) is 0. The third-order valence-corrected chi connectivity index (χ3v) is 3.96. The molecule has 7 heteroatoms. The van der Waals surface area contributed by atoms with Crippen LogP contribution in [-0.4, -0.2) is 55.8 Å². The molecule has 16 heavy (non-hydrogen) atoms. The van der Waals surface area contributed by atoms with E-state index in [2.05, 4.69) is 4.72 Å². The zero-order valence-electron chi connectivity index (χ0n) is 9.93. The largest absolute Gasteiger partial charge is 0.394 e. The van der Waals surface area contributed by atoms with E-state index in [1.165, 1.54) is 4.31 Å². The molecular formula is C9H20N2O4S. The Morgan fingerprint density at radius 3 is 2.62 bits per heavy atom. The van der Waals surface area contributed by atoms with E-state index in [1.54, 1.807) is 20.8 Å². The van der Waals surface area contributed by atoms with Crippen molar-refractivity contribution in [2.75, 3.05) is 26.3 Å². The molecule has 1 unspecified atom stereocenters. The van der Waals surface area contributed by atoms with Crippen LogP contribution in [-0.2, 0) is 14.9 Å². The van der Waals surface area contributed by atoms with E-state index in [1.807, 2.05) is 0 Å². The second-order valence-corrected chi connectivity index (χ2v) is 6.56. The van der Waals surface area contributed by atoms with Crippen LogP contribution in [0, 0.1) is 0 Å². The van der Waals surface area contributed by atoms with Crippen LogP contribution in [0.2, 0.25) is 0 Å². The van der Waals surface area contributed by atoms with Gasteiger partial charge in [0.05, 0.1) is 19.3 Å². The lowest BCUT2D eigenvalue weighted by atomic mass is 10.1. The van der Waals surface area contributed by atoms with Gasteiger partial charge >= 0.3 is 0 Å². The van der Waals surface area contributed by atoms with E-state index >= 15 is 0 Å². The second kappa shape index (κ2) is 4.97. The second-order valence-electron chi connectivity index (χ2n) is 4.89. The maximum atomic E-state index is 11.9. The minimum atomic E-state index is -3.49. The van der Waals surface area contributed by atoms with Crippen molar-refractivity contribution >= 4 is 10.2 Å². The molecule has 1 saturated heterocycles. The third kappa shape index (κ3) is 3.99. The fourth-order valence-corrected chi connectivity index (χ4v) is 3.05. The van der Waals surface area contributed by atoms with Crippen molar-refractivity contribution in [1.29, 1.82) is 0 Å². The summed E-state index contributed by atoms with van der Waals surface area (Å²) in [7, 11) is -3.49. The average molecular weight is 252 g/mol. The molecule has 0 aromatic heterocycles. The molecule has 0 bridgehead atoms. The van der Waals surface area contributed by atoms with Crippen molar-refractivity contribution in [3.8, 4) is 0 Å². The minimum Gasteiger partial charge on any atom is -0.394 e. The van der Waals surface area contributed by atoms with Gasteiger partial charge < -0.3 is 9.84 Å². The fraction of sp³-hybridized carbons (Fsp3) is 1.00. The predicted octanol–water partition coefficient (Wildman–Crippen LogP) is -0.688. The summed E-state index contributed by atoms with van der Waals surface area (Å²) in [6.07, 6.45) is -0.426. The third-order valence-electron chi connectivity index (χ3n) is 2.08. The van der Waals surface area contributed by atoms with Crippen molar-refractivity contribution in [3.05, 3.63) is 0 Å². The molecule has 1 fully saturated rings. The number of hydrogen-bond acceptors (Lipinski definition) is 4. The SMILES string of the molecule is CC(C)(C)NS(=O)(=O)N1CCOC(CO)C1. The number of morpholine rings is 1. The van der Waals surface area contributed by atoms with Crippen molar-refractivity contribution < 1.29 is 18.3 Å². The normalized spacial score (nSPS) is 24.6. The van der Waals surface area contributed by atoms with Crippen molar-refractivity contribution in [3.63, 3.8) is 0 Å². The molecule has 0 spiro atoms. The molecule has 6 nitrogen and oxygen atoms in total. The molecule has 1 aliphatic rings. The quantitative estimate of drug-likeness (QED) is 0.697. The fourth-order valence-electron chi connectivity index (χ4n) is 1.47. The van der Waals surface area contributed by atoms with Crippen LogP contribution in [0.15, 0.2) is 0 Å². The van der Waals surface area contributed by atoms with Gasteiger partial charge in [-0.25, -0.2) is 0 Å². The lowest BCUT2D eigenvalue weighted by Gasteiger charge is -2.33. The van der Waals surface area contributed by atoms with Crippen LogP contribution >= 0.6 is 0 Å². The van der Waals surface area contributed by atoms with Gasteiger partial charge in [0.25, 0.3) is 10.2 Å². The van der Waals surface area contributed by atoms with Crippen LogP contribution in [0.3, 0.4) is 0 Å². The Morgan fingerprint density at radius 2 is 2.12 bits per heavy atom. The average Bonchev–Trinajstić information content (AvgIpc) is 2.14. The van der Waals surface area contributed by atoms with Crippen LogP contribution in [0.25, 0.3) is 0 Å². The van der Waals surface area contributed by atoms with Crippen molar-refractivity contribution in [1.82, 2.24) is 9.03 Å². The van der Waals surface area contributed by atoms with Gasteiger partial charge in [0, 0.05) is 18.6 Å². The number of nitrogens with zero attached hydrogens (tertiary/aromatic N) is 1. The predicted molar refractivity (Wildman–Crippen MR) is 60.2 cm³/mol. The molecule has 0 amide bonds. The molecule has 96 valence electrons. The molecule has 0 aliphatic carbocycles. The van der Waals surface area contributed by atoms with Crippen LogP contribution < -0.4 is 4.72 Å². The Morgan fingerprint density at radius 1 is 1.50 bits per heavy atom. The highest BCUT2D eigenvalue weighted by Crippen LogP contribution is 2.11. The maximum absolute atomic E-state index is 11.9. The first kappa shape index (κ1) is 13.9. The van der Waals surface area contributed by atoms with Gasteiger partial charge in [0.2, 0.25) is 0 Å². The smallest absolute Gasteiger partial charge is 0.280 e. The Hall–Kier alpha value is -0.210. The van der Waals surface area contributed by atoms with E-state index in [-0.39, 0.29) is 13.2 Å². The number of hydrogen-bond donors (Lipinski definition) is 2. The van der Waals surface area contributed by atoms with Gasteiger partial charge in [-0.15, -0.1) is 0 Å². The number of aliphatic hydroxyl groups is 1. The van der Waals surface area contributed by atoms with Crippen LogP contribution in [0.4, 0.5) is 0 Å². The van der Waals surface area contributed by atoms with Crippen LogP contribution in [0.5, 0.6) is 0 Å². The molecule has 0 aromatic carbocycles. The minimum absolute atomic E-state index is 0.165. The number of aliphatic hydroxyl groups excluding tert-OH is 1. The zero-order chi connectivity index (χ0) is 12.4. The summed E-state index contributed by atoms with van der Waals surface area (Å²) in [5, 5.41) is 8.94. The molecule has 1 atom stereocenters. The van der Waals surface area contributed by atoms with E-state index < -0.39 is 21.9 Å². The van der Waals surface area contributed by atoms with E-state index in [0.717, 1.165) is 0 Å². The first-order valence-corrected chi connectivity index (χ1v) is 6.70. The molecule has 1 aliphatic heterocycles. The lowest BCUT2D eigenvalue weighted by Crippen LogP contribution is -2.54. The van der Waals surface area contributed by atoms with Gasteiger partial charge in [0.15, 0.2) is 0 Å². The highest BCUT2D eigenvalue weighted by molar-refractivity contribution is 7.87. The zero-order valence-corrected chi connectivity index (χ0v) is 10.7. The van der Waals surface area contributed by atoms with Gasteiger partial charge in [-0.3, -0.25) is 0 Å². The van der Waals surface area contributed by atoms with Gasteiger partial charge in [-0.05, 0) is 20.8 Å². The molecule has 0 saturated carbocycles. The molecule has 0 radical (unpaired) electrons. The Kier molecular flexibility index (Phi) is 4.30. The molecular weight excluding hydrogens is 232 g/mol. The van der Waals surface area contributed by atoms with Crippen molar-refractivity contribution in [2.24, 2.45) is 0 Å². The van der Waals surface area contributed by atoms with Gasteiger partial charge in [0.1, 0.15) is 0 Å². The van der Waals surface area contributed by atoms with Crippen molar-refractivity contribution in [2.45, 2.75) is 32.4 Å². The Labute approximate surface area is 96.8 Å². The maximum Gasteiger partial charge on any atom is 0.280 e. The summed E-state index contributed by atoms with van der Waals surface area (Å²) < 4.78 is 33.0. The molecule has 2 N–H and O–H groups in total. The summed E-state index contributed by atoms with van der Waals surface area (Å²) >= 11 is 0. The van der Waals surface area contributed by atoms with E-state index in [9.17, 15) is 8.42 Å². The van der Waals surface area contributed by atoms with E-state index in [0.29, 0.717) is 13.2 Å². The first-order valence-electron chi connectivity index (χ1n) is 5.26. The van der Waals surface area contributed by atoms with E-state index in [4.69, 9.17) is 9.84 Å². The topological polar surface area (TPSA) is 78.9 Å². The standard InChI is InChI=1S/C9H20N2O4S/c1-9(2,3)10-16(13,14)11-4-5-15-8(6-11)7-12/h8,10,12H,4-7H2,1-3H3. The first-order chi connectivity index (χ1) is 7.24. The number of ether oxygens (including phenoxy) is 1. The summed E-state index contributed by atoms with van der Waals surface area (Å²) in [4.78, 5) is 0. The summed E-state index contributed by atoms with van der Waals surface area (Å²) in [6, 6.07) is 0. The van der Waals surface area contributed by atoms with Crippen LogP contribution in [0.1, 0.15) is 20.8 Å². The molecule has 1 heterocycles. The monoisotopic (exact) mass is 252 g/mol. The highest BCUT2D eigenvalue weighted by Gasteiger charge is 2.31. The molecule has 0 aromatic rings. The number of nitrogens with one attached hydrogen (secondary N) is 1. The molecule has 1 rings (SSSR count).